The fraction of sp³-hybridized carbons (Fsp3) is 0.278. The molecule has 2 rings (SSSR count). The maximum Gasteiger partial charge on any atom is 0.274 e. The number of nitro groups is 1. The van der Waals surface area contributed by atoms with Crippen LogP contribution in [0.25, 0.3) is 0 Å². The number of methoxy groups -OCH3 is 1. The Bertz CT molecular complexity index is 1020. The number of nitrogens with zero attached hydrogens (tertiary/aromatic N) is 1. The van der Waals surface area contributed by atoms with Crippen LogP contribution in [0.1, 0.15) is 18.1 Å². The summed E-state index contributed by atoms with van der Waals surface area (Å²) in [6.45, 7) is 4.61. The lowest BCUT2D eigenvalue weighted by atomic mass is 10.1. The smallest absolute Gasteiger partial charge is 0.274 e. The Morgan fingerprint density at radius 2 is 1.89 bits per heavy atom. The van der Waals surface area contributed by atoms with Gasteiger partial charge in [0.1, 0.15) is 10.6 Å². The van der Waals surface area contributed by atoms with Crippen molar-refractivity contribution in [3.05, 3.63) is 57.6 Å². The first-order valence-electron chi connectivity index (χ1n) is 8.28. The van der Waals surface area contributed by atoms with Gasteiger partial charge in [0.15, 0.2) is 0 Å². The van der Waals surface area contributed by atoms with E-state index in [1.54, 1.807) is 13.0 Å². The summed E-state index contributed by atoms with van der Waals surface area (Å²) >= 11 is 0. The summed E-state index contributed by atoms with van der Waals surface area (Å²) in [5, 5.41) is 13.5. The minimum atomic E-state index is -4.04. The Morgan fingerprint density at radius 1 is 1.21 bits per heavy atom. The van der Waals surface area contributed by atoms with E-state index < -0.39 is 26.9 Å². The van der Waals surface area contributed by atoms with Gasteiger partial charge in [-0.1, -0.05) is 12.1 Å². The summed E-state index contributed by atoms with van der Waals surface area (Å²) in [5.74, 6) is -0.501. The molecular formula is C18H21N3O6S. The highest BCUT2D eigenvalue weighted by Gasteiger charge is 2.26. The van der Waals surface area contributed by atoms with Gasteiger partial charge in [-0.2, -0.15) is 4.72 Å². The fourth-order valence-corrected chi connectivity index (χ4v) is 4.00. The van der Waals surface area contributed by atoms with Gasteiger partial charge >= 0.3 is 0 Å². The summed E-state index contributed by atoms with van der Waals surface area (Å²) in [5.41, 5.74) is 1.08. The number of anilines is 1. The van der Waals surface area contributed by atoms with E-state index in [1.165, 1.54) is 51.3 Å². The molecule has 150 valence electrons. The van der Waals surface area contributed by atoms with Crippen LogP contribution in [-0.2, 0) is 14.8 Å². The first-order chi connectivity index (χ1) is 13.1. The number of benzene rings is 2. The lowest BCUT2D eigenvalue weighted by molar-refractivity contribution is -0.385. The minimum Gasteiger partial charge on any atom is -0.495 e. The lowest BCUT2D eigenvalue weighted by Crippen LogP contribution is -2.41. The molecule has 0 saturated carbocycles. The molecule has 0 aliphatic heterocycles. The number of nitro benzene ring substituents is 1. The molecule has 2 N–H and O–H groups in total. The predicted molar refractivity (Wildman–Crippen MR) is 104 cm³/mol. The summed E-state index contributed by atoms with van der Waals surface area (Å²) in [7, 11) is -2.69. The topological polar surface area (TPSA) is 128 Å². The molecule has 9 nitrogen and oxygen atoms in total. The van der Waals surface area contributed by atoms with Crippen molar-refractivity contribution in [1.82, 2.24) is 4.72 Å². The van der Waals surface area contributed by atoms with Crippen LogP contribution >= 0.6 is 0 Å². The van der Waals surface area contributed by atoms with Gasteiger partial charge in [0.25, 0.3) is 5.69 Å². The van der Waals surface area contributed by atoms with Crippen molar-refractivity contribution in [1.29, 1.82) is 0 Å². The average Bonchev–Trinajstić information content (AvgIpc) is 2.62. The standard InChI is InChI=1S/C18H21N3O6S/c1-11-8-9-16(27-4)17(10-11)28(25,26)20-13(3)18(22)19-14-6-5-7-15(12(14)2)21(23)24/h5-10,13,20H,1-4H3,(H,19,22)/t13-/m1/s1. The molecule has 2 aromatic rings. The van der Waals surface area contributed by atoms with E-state index in [0.29, 0.717) is 5.56 Å². The van der Waals surface area contributed by atoms with Crippen LogP contribution in [0.15, 0.2) is 41.3 Å². The number of hydrogen-bond acceptors (Lipinski definition) is 6. The molecule has 28 heavy (non-hydrogen) atoms. The van der Waals surface area contributed by atoms with Crippen LogP contribution in [0.5, 0.6) is 5.75 Å². The number of carbonyl (C=O) groups excluding carboxylic acids is 1. The molecular weight excluding hydrogens is 386 g/mol. The molecule has 0 aliphatic carbocycles. The third-order valence-corrected chi connectivity index (χ3v) is 5.66. The van der Waals surface area contributed by atoms with E-state index in [0.717, 1.165) is 0 Å². The normalized spacial score (nSPS) is 12.3. The Morgan fingerprint density at radius 3 is 2.50 bits per heavy atom. The first-order valence-corrected chi connectivity index (χ1v) is 9.77. The molecule has 0 heterocycles. The summed E-state index contributed by atoms with van der Waals surface area (Å²) < 4.78 is 32.8. The molecule has 2 aromatic carbocycles. The second kappa shape index (κ2) is 8.36. The molecule has 0 unspecified atom stereocenters. The van der Waals surface area contributed by atoms with E-state index in [2.05, 4.69) is 10.0 Å². The molecule has 0 aliphatic rings. The quantitative estimate of drug-likeness (QED) is 0.536. The molecule has 1 atom stereocenters. The van der Waals surface area contributed by atoms with E-state index >= 15 is 0 Å². The zero-order valence-electron chi connectivity index (χ0n) is 15.8. The van der Waals surface area contributed by atoms with Gasteiger partial charge < -0.3 is 10.1 Å². The van der Waals surface area contributed by atoms with Crippen LogP contribution in [0.3, 0.4) is 0 Å². The van der Waals surface area contributed by atoms with Crippen molar-refractivity contribution >= 4 is 27.3 Å². The Labute approximate surface area is 162 Å². The first kappa shape index (κ1) is 21.3. The number of rotatable bonds is 7. The van der Waals surface area contributed by atoms with Crippen LogP contribution < -0.4 is 14.8 Å². The predicted octanol–water partition coefficient (Wildman–Crippen LogP) is 2.53. The molecule has 0 fully saturated rings. The fourth-order valence-electron chi connectivity index (χ4n) is 2.54. The summed E-state index contributed by atoms with van der Waals surface area (Å²) in [6, 6.07) is 7.81. The molecule has 10 heteroatoms. The number of carbonyl (C=O) groups is 1. The Kier molecular flexibility index (Phi) is 6.37. The third-order valence-electron chi connectivity index (χ3n) is 4.09. The highest BCUT2D eigenvalue weighted by atomic mass is 32.2. The third kappa shape index (κ3) is 4.65. The minimum absolute atomic E-state index is 0.0822. The van der Waals surface area contributed by atoms with E-state index in [9.17, 15) is 23.3 Å². The molecule has 0 aromatic heterocycles. The van der Waals surface area contributed by atoms with Crippen LogP contribution in [-0.4, -0.2) is 32.4 Å². The number of hydrogen-bond donors (Lipinski definition) is 2. The van der Waals surface area contributed by atoms with Gasteiger partial charge in [-0.15, -0.1) is 0 Å². The maximum absolute atomic E-state index is 12.7. The second-order valence-electron chi connectivity index (χ2n) is 6.19. The number of ether oxygens (including phenoxy) is 1. The van der Waals surface area contributed by atoms with Crippen LogP contribution in [0.2, 0.25) is 0 Å². The highest BCUT2D eigenvalue weighted by Crippen LogP contribution is 2.26. The summed E-state index contributed by atoms with van der Waals surface area (Å²) in [6.07, 6.45) is 0. The molecule has 0 spiro atoms. The molecule has 0 bridgehead atoms. The van der Waals surface area contributed by atoms with E-state index in [4.69, 9.17) is 4.74 Å². The van der Waals surface area contributed by atoms with Crippen LogP contribution in [0, 0.1) is 24.0 Å². The van der Waals surface area contributed by atoms with Gasteiger partial charge in [0.2, 0.25) is 15.9 Å². The number of sulfonamides is 1. The second-order valence-corrected chi connectivity index (χ2v) is 7.88. The van der Waals surface area contributed by atoms with Crippen molar-refractivity contribution in [2.45, 2.75) is 31.7 Å². The lowest BCUT2D eigenvalue weighted by Gasteiger charge is -2.17. The molecule has 0 saturated heterocycles. The maximum atomic E-state index is 12.7. The highest BCUT2D eigenvalue weighted by molar-refractivity contribution is 7.89. The Balaban J connectivity index is 2.22. The van der Waals surface area contributed by atoms with E-state index in [-0.39, 0.29) is 27.6 Å². The van der Waals surface area contributed by atoms with Crippen molar-refractivity contribution in [2.75, 3.05) is 12.4 Å². The largest absolute Gasteiger partial charge is 0.495 e. The Hall–Kier alpha value is -2.98. The van der Waals surface area contributed by atoms with Crippen molar-refractivity contribution in [3.63, 3.8) is 0 Å². The van der Waals surface area contributed by atoms with Gasteiger partial charge in [0.05, 0.1) is 29.3 Å². The van der Waals surface area contributed by atoms with E-state index in [1.807, 2.05) is 0 Å². The van der Waals surface area contributed by atoms with Crippen molar-refractivity contribution < 1.29 is 22.9 Å². The summed E-state index contributed by atoms with van der Waals surface area (Å²) in [4.78, 5) is 22.8. The van der Waals surface area contributed by atoms with Crippen molar-refractivity contribution in [2.24, 2.45) is 0 Å². The number of aryl methyl sites for hydroxylation is 1. The zero-order valence-corrected chi connectivity index (χ0v) is 16.7. The monoisotopic (exact) mass is 407 g/mol. The SMILES string of the molecule is COc1ccc(C)cc1S(=O)(=O)N[C@H](C)C(=O)Nc1cccc([N+](=O)[O-])c1C. The van der Waals surface area contributed by atoms with Crippen molar-refractivity contribution in [3.8, 4) is 5.75 Å². The average molecular weight is 407 g/mol. The zero-order chi connectivity index (χ0) is 21.1. The van der Waals surface area contributed by atoms with Gasteiger partial charge in [-0.05, 0) is 44.5 Å². The molecule has 0 radical (unpaired) electrons. The van der Waals surface area contributed by atoms with Gasteiger partial charge in [-0.3, -0.25) is 14.9 Å². The van der Waals surface area contributed by atoms with Gasteiger partial charge in [0, 0.05) is 6.07 Å². The van der Waals surface area contributed by atoms with Gasteiger partial charge in [-0.25, -0.2) is 8.42 Å². The number of nitrogens with one attached hydrogen (secondary N) is 2. The number of amides is 1. The molecule has 1 amide bonds. The van der Waals surface area contributed by atoms with Crippen LogP contribution in [0.4, 0.5) is 11.4 Å².